The fourth-order valence-electron chi connectivity index (χ4n) is 3.53. The van der Waals surface area contributed by atoms with Crippen LogP contribution >= 0.6 is 31.9 Å². The van der Waals surface area contributed by atoms with E-state index in [4.69, 9.17) is 20.3 Å². The van der Waals surface area contributed by atoms with Crippen LogP contribution in [0.5, 0.6) is 17.2 Å². The molecule has 0 aliphatic heterocycles. The third-order valence-electron chi connectivity index (χ3n) is 5.33. The number of carboxylic acids is 1. The Labute approximate surface area is 218 Å². The Hall–Kier alpha value is -2.86. The van der Waals surface area contributed by atoms with Crippen molar-refractivity contribution < 1.29 is 27.8 Å². The smallest absolute Gasteiger partial charge is 0.320 e. The summed E-state index contributed by atoms with van der Waals surface area (Å²) in [6, 6.07) is 13.7. The van der Waals surface area contributed by atoms with Gasteiger partial charge in [0.25, 0.3) is 0 Å². The third-order valence-corrected chi connectivity index (χ3v) is 8.31. The lowest BCUT2D eigenvalue weighted by molar-refractivity contribution is -0.138. The number of rotatable bonds is 8. The standard InChI is InChI=1S/C24H20Br2N2O6S/c1-33-14-2-5-16(6-3-14)35(31,32)22-12-28-21-7-4-15(11-17(21)22)34-23-18(25)8-13(9-19(23)26)10-20(27)24(29)30/h2-9,11-12,20,28H,10,27H2,1H3,(H,29,30)/t20-/m1/s1. The van der Waals surface area contributed by atoms with E-state index >= 15 is 0 Å². The van der Waals surface area contributed by atoms with Gasteiger partial charge in [0.05, 0.1) is 25.8 Å². The quantitative estimate of drug-likeness (QED) is 0.243. The molecular weight excluding hydrogens is 604 g/mol. The average Bonchev–Trinajstić information content (AvgIpc) is 3.25. The molecule has 0 unspecified atom stereocenters. The van der Waals surface area contributed by atoms with E-state index in [0.717, 1.165) is 0 Å². The van der Waals surface area contributed by atoms with Gasteiger partial charge in [-0.05, 0) is 98.4 Å². The Morgan fingerprint density at radius 1 is 1.06 bits per heavy atom. The topological polar surface area (TPSA) is 132 Å². The van der Waals surface area contributed by atoms with E-state index in [-0.39, 0.29) is 16.2 Å². The molecule has 0 amide bonds. The number of carbonyl (C=O) groups is 1. The van der Waals surface area contributed by atoms with Crippen LogP contribution in [0.15, 0.2) is 79.5 Å². The van der Waals surface area contributed by atoms with Gasteiger partial charge in [0.1, 0.15) is 17.5 Å². The van der Waals surface area contributed by atoms with Crippen LogP contribution in [0, 0.1) is 0 Å². The van der Waals surface area contributed by atoms with Gasteiger partial charge < -0.3 is 25.3 Å². The lowest BCUT2D eigenvalue weighted by Crippen LogP contribution is -2.32. The number of hydrogen-bond donors (Lipinski definition) is 3. The minimum Gasteiger partial charge on any atom is -0.497 e. The van der Waals surface area contributed by atoms with Crippen LogP contribution in [0.25, 0.3) is 10.9 Å². The molecule has 8 nitrogen and oxygen atoms in total. The average molecular weight is 624 g/mol. The highest BCUT2D eigenvalue weighted by Gasteiger charge is 2.23. The fraction of sp³-hybridized carbons (Fsp3) is 0.125. The number of aliphatic carboxylic acids is 1. The maximum absolute atomic E-state index is 13.3. The Balaban J connectivity index is 1.67. The molecule has 0 saturated heterocycles. The molecular formula is C24H20Br2N2O6S. The molecule has 11 heteroatoms. The van der Waals surface area contributed by atoms with Gasteiger partial charge in [0.15, 0.2) is 5.75 Å². The van der Waals surface area contributed by atoms with Crippen LogP contribution in [0.2, 0.25) is 0 Å². The highest BCUT2D eigenvalue weighted by atomic mass is 79.9. The number of halogens is 2. The molecule has 1 atom stereocenters. The first-order valence-corrected chi connectivity index (χ1v) is 13.3. The van der Waals surface area contributed by atoms with Crippen LogP contribution in [-0.4, -0.2) is 37.6 Å². The number of fused-ring (bicyclic) bond motifs is 1. The zero-order valence-electron chi connectivity index (χ0n) is 18.3. The largest absolute Gasteiger partial charge is 0.497 e. The van der Waals surface area contributed by atoms with Gasteiger partial charge >= 0.3 is 5.97 Å². The van der Waals surface area contributed by atoms with Crippen molar-refractivity contribution >= 4 is 58.6 Å². The first-order chi connectivity index (χ1) is 16.6. The van der Waals surface area contributed by atoms with Gasteiger partial charge in [0.2, 0.25) is 9.84 Å². The summed E-state index contributed by atoms with van der Waals surface area (Å²) >= 11 is 6.92. The molecule has 0 saturated carbocycles. The first kappa shape index (κ1) is 25.2. The Morgan fingerprint density at radius 2 is 1.69 bits per heavy atom. The zero-order valence-corrected chi connectivity index (χ0v) is 22.3. The minimum atomic E-state index is -3.80. The molecule has 4 rings (SSSR count). The van der Waals surface area contributed by atoms with E-state index in [1.165, 1.54) is 25.4 Å². The summed E-state index contributed by atoms with van der Waals surface area (Å²) in [6.45, 7) is 0. The van der Waals surface area contributed by atoms with Gasteiger partial charge in [-0.2, -0.15) is 0 Å². The number of aromatic amines is 1. The summed E-state index contributed by atoms with van der Waals surface area (Å²) in [7, 11) is -2.28. The first-order valence-electron chi connectivity index (χ1n) is 10.2. The molecule has 4 aromatic rings. The Morgan fingerprint density at radius 3 is 2.29 bits per heavy atom. The molecule has 0 spiro atoms. The zero-order chi connectivity index (χ0) is 25.3. The van der Waals surface area contributed by atoms with E-state index < -0.39 is 21.8 Å². The number of H-pyrrole nitrogens is 1. The fourth-order valence-corrected chi connectivity index (χ4v) is 6.39. The molecule has 0 radical (unpaired) electrons. The predicted octanol–water partition coefficient (Wildman–Crippen LogP) is 5.28. The number of aromatic nitrogens is 1. The second-order valence-electron chi connectivity index (χ2n) is 7.68. The van der Waals surface area contributed by atoms with Crippen molar-refractivity contribution in [1.29, 1.82) is 0 Å². The maximum Gasteiger partial charge on any atom is 0.320 e. The van der Waals surface area contributed by atoms with Crippen molar-refractivity contribution in [2.45, 2.75) is 22.3 Å². The van der Waals surface area contributed by atoms with Crippen molar-refractivity contribution in [3.8, 4) is 17.2 Å². The van der Waals surface area contributed by atoms with Gasteiger partial charge in [0, 0.05) is 17.1 Å². The number of methoxy groups -OCH3 is 1. The van der Waals surface area contributed by atoms with E-state index in [1.807, 2.05) is 0 Å². The molecule has 0 aliphatic carbocycles. The van der Waals surface area contributed by atoms with Gasteiger partial charge in [-0.15, -0.1) is 0 Å². The SMILES string of the molecule is COc1ccc(S(=O)(=O)c2c[nH]c3ccc(Oc4c(Br)cc(C[C@@H](N)C(=O)O)cc4Br)cc23)cc1. The van der Waals surface area contributed by atoms with Gasteiger partial charge in [-0.1, -0.05) is 0 Å². The summed E-state index contributed by atoms with van der Waals surface area (Å²) in [5.41, 5.74) is 6.99. The van der Waals surface area contributed by atoms with Crippen molar-refractivity contribution in [3.05, 3.63) is 75.3 Å². The van der Waals surface area contributed by atoms with Crippen LogP contribution < -0.4 is 15.2 Å². The summed E-state index contributed by atoms with van der Waals surface area (Å²) in [5.74, 6) is 0.343. The number of ether oxygens (including phenoxy) is 2. The molecule has 1 aromatic heterocycles. The van der Waals surface area contributed by atoms with E-state index in [9.17, 15) is 13.2 Å². The number of nitrogens with one attached hydrogen (secondary N) is 1. The third kappa shape index (κ3) is 5.22. The monoisotopic (exact) mass is 622 g/mol. The number of nitrogens with two attached hydrogens (primary N) is 1. The van der Waals surface area contributed by atoms with Gasteiger partial charge in [-0.25, -0.2) is 8.42 Å². The van der Waals surface area contributed by atoms with Crippen LogP contribution in [0.3, 0.4) is 0 Å². The van der Waals surface area contributed by atoms with Crippen molar-refractivity contribution in [1.82, 2.24) is 4.98 Å². The summed E-state index contributed by atoms with van der Waals surface area (Å²) < 4.78 is 38.9. The molecule has 3 aromatic carbocycles. The van der Waals surface area contributed by atoms with Crippen molar-refractivity contribution in [3.63, 3.8) is 0 Å². The highest BCUT2D eigenvalue weighted by Crippen LogP contribution is 2.39. The lowest BCUT2D eigenvalue weighted by atomic mass is 10.1. The minimum absolute atomic E-state index is 0.124. The maximum atomic E-state index is 13.3. The summed E-state index contributed by atoms with van der Waals surface area (Å²) in [5, 5.41) is 9.53. The predicted molar refractivity (Wildman–Crippen MR) is 138 cm³/mol. The number of sulfone groups is 1. The molecule has 4 N–H and O–H groups in total. The molecule has 35 heavy (non-hydrogen) atoms. The van der Waals surface area contributed by atoms with Crippen molar-refractivity contribution in [2.24, 2.45) is 5.73 Å². The molecule has 182 valence electrons. The molecule has 0 bridgehead atoms. The number of carboxylic acid groups (broad SMARTS) is 1. The highest BCUT2D eigenvalue weighted by molar-refractivity contribution is 9.11. The second-order valence-corrected chi connectivity index (χ2v) is 11.3. The number of hydrogen-bond acceptors (Lipinski definition) is 6. The molecule has 1 heterocycles. The lowest BCUT2D eigenvalue weighted by Gasteiger charge is -2.13. The van der Waals surface area contributed by atoms with Crippen LogP contribution in [-0.2, 0) is 21.1 Å². The van der Waals surface area contributed by atoms with E-state index in [0.29, 0.717) is 42.7 Å². The number of benzene rings is 3. The summed E-state index contributed by atoms with van der Waals surface area (Å²) in [6.07, 6.45) is 1.61. The van der Waals surface area contributed by atoms with E-state index in [2.05, 4.69) is 36.8 Å². The molecule has 0 aliphatic rings. The van der Waals surface area contributed by atoms with Crippen LogP contribution in [0.4, 0.5) is 0 Å². The van der Waals surface area contributed by atoms with E-state index in [1.54, 1.807) is 42.5 Å². The normalized spacial score (nSPS) is 12.5. The molecule has 0 fully saturated rings. The summed E-state index contributed by atoms with van der Waals surface area (Å²) in [4.78, 5) is 14.3. The van der Waals surface area contributed by atoms with Gasteiger partial charge in [-0.3, -0.25) is 4.79 Å². The van der Waals surface area contributed by atoms with Crippen molar-refractivity contribution in [2.75, 3.05) is 7.11 Å². The second kappa shape index (κ2) is 10.0. The Bertz CT molecular complexity index is 1490. The Kier molecular flexibility index (Phi) is 7.22. The van der Waals surface area contributed by atoms with Crippen LogP contribution in [0.1, 0.15) is 5.56 Å².